The van der Waals surface area contributed by atoms with E-state index in [0.29, 0.717) is 13.2 Å². The lowest BCUT2D eigenvalue weighted by molar-refractivity contribution is -0.135. The minimum atomic E-state index is -0.527. The molecule has 1 aliphatic heterocycles. The van der Waals surface area contributed by atoms with Gasteiger partial charge in [0.25, 0.3) is 0 Å². The van der Waals surface area contributed by atoms with Gasteiger partial charge in [-0.3, -0.25) is 4.79 Å². The number of piperidine rings is 1. The van der Waals surface area contributed by atoms with Gasteiger partial charge in [0.05, 0.1) is 19.3 Å². The quantitative estimate of drug-likeness (QED) is 0.780. The molecule has 0 bridgehead atoms. The molecule has 0 spiro atoms. The van der Waals surface area contributed by atoms with Gasteiger partial charge in [-0.25, -0.2) is 0 Å². The first-order valence-corrected chi connectivity index (χ1v) is 8.37. The Morgan fingerprint density at radius 1 is 1.48 bits per heavy atom. The molecule has 2 rings (SSSR count). The smallest absolute Gasteiger partial charge is 0.244 e. The van der Waals surface area contributed by atoms with E-state index in [-0.39, 0.29) is 12.0 Å². The molecule has 1 saturated heterocycles. The third kappa shape index (κ3) is 4.78. The highest BCUT2D eigenvalue weighted by Gasteiger charge is 2.27. The number of nitrogens with two attached hydrogens (primary N) is 1. The van der Waals surface area contributed by atoms with E-state index in [1.54, 1.807) is 0 Å². The summed E-state index contributed by atoms with van der Waals surface area (Å²) in [7, 11) is 0. The first-order valence-electron chi connectivity index (χ1n) is 7.49. The lowest BCUT2D eigenvalue weighted by atomic mass is 10.1. The molecule has 0 saturated carbocycles. The Kier molecular flexibility index (Phi) is 6.63. The fraction of sp³-hybridized carbons (Fsp3) is 0.667. The maximum Gasteiger partial charge on any atom is 0.244 e. The fourth-order valence-corrected chi connectivity index (χ4v) is 3.17. The second kappa shape index (κ2) is 8.48. The first kappa shape index (κ1) is 16.4. The van der Waals surface area contributed by atoms with E-state index >= 15 is 0 Å². The second-order valence-corrected chi connectivity index (χ2v) is 6.06. The van der Waals surface area contributed by atoms with Crippen LogP contribution in [0.3, 0.4) is 0 Å². The van der Waals surface area contributed by atoms with Gasteiger partial charge in [0, 0.05) is 24.6 Å². The monoisotopic (exact) mass is 312 g/mol. The van der Waals surface area contributed by atoms with Crippen LogP contribution in [-0.2, 0) is 14.3 Å². The summed E-state index contributed by atoms with van der Waals surface area (Å²) in [5.41, 5.74) is 6.03. The predicted molar refractivity (Wildman–Crippen MR) is 83.3 cm³/mol. The molecule has 1 amide bonds. The molecule has 6 heteroatoms. The summed E-state index contributed by atoms with van der Waals surface area (Å²) < 4.78 is 11.0. The molecule has 1 atom stereocenters. The Bertz CT molecular complexity index is 417. The van der Waals surface area contributed by atoms with Crippen molar-refractivity contribution >= 4 is 17.2 Å². The maximum absolute atomic E-state index is 12.3. The van der Waals surface area contributed by atoms with E-state index < -0.39 is 6.04 Å². The highest BCUT2D eigenvalue weighted by Crippen LogP contribution is 2.21. The van der Waals surface area contributed by atoms with Crippen LogP contribution in [0.4, 0.5) is 0 Å². The molecule has 118 valence electrons. The number of likely N-dealkylation sites (tertiary alicyclic amines) is 1. The summed E-state index contributed by atoms with van der Waals surface area (Å²) in [6.07, 6.45) is 1.97. The zero-order valence-corrected chi connectivity index (χ0v) is 13.3. The topological polar surface area (TPSA) is 64.8 Å². The molecule has 0 radical (unpaired) electrons. The summed E-state index contributed by atoms with van der Waals surface area (Å²) in [6, 6.07) is 3.31. The summed E-state index contributed by atoms with van der Waals surface area (Å²) in [5.74, 6) is 0.0187. The Hall–Kier alpha value is -0.950. The number of carbonyl (C=O) groups is 1. The van der Waals surface area contributed by atoms with E-state index in [9.17, 15) is 4.79 Å². The van der Waals surface area contributed by atoms with E-state index in [2.05, 4.69) is 0 Å². The van der Waals surface area contributed by atoms with Crippen LogP contribution in [-0.4, -0.2) is 49.8 Å². The molecule has 21 heavy (non-hydrogen) atoms. The van der Waals surface area contributed by atoms with Gasteiger partial charge >= 0.3 is 0 Å². The van der Waals surface area contributed by atoms with Crippen molar-refractivity contribution in [1.82, 2.24) is 4.90 Å². The van der Waals surface area contributed by atoms with Crippen molar-refractivity contribution in [3.05, 3.63) is 22.4 Å². The minimum Gasteiger partial charge on any atom is -0.379 e. The average molecular weight is 312 g/mol. The zero-order valence-electron chi connectivity index (χ0n) is 12.5. The molecule has 1 unspecified atom stereocenters. The summed E-state index contributed by atoms with van der Waals surface area (Å²) in [4.78, 5) is 15.1. The van der Waals surface area contributed by atoms with E-state index in [4.69, 9.17) is 15.2 Å². The average Bonchev–Trinajstić information content (AvgIpc) is 3.05. The largest absolute Gasteiger partial charge is 0.379 e. The zero-order chi connectivity index (χ0) is 15.1. The minimum absolute atomic E-state index is 0.0187. The van der Waals surface area contributed by atoms with Crippen molar-refractivity contribution in [3.63, 3.8) is 0 Å². The summed E-state index contributed by atoms with van der Waals surface area (Å²) in [5, 5.41) is 1.95. The van der Waals surface area contributed by atoms with Crippen LogP contribution in [0.25, 0.3) is 0 Å². The molecule has 2 heterocycles. The first-order chi connectivity index (χ1) is 10.2. The van der Waals surface area contributed by atoms with Crippen LogP contribution in [0.5, 0.6) is 0 Å². The predicted octanol–water partition coefficient (Wildman–Crippen LogP) is 1.79. The Balaban J connectivity index is 1.72. The summed E-state index contributed by atoms with van der Waals surface area (Å²) >= 11 is 1.53. The molecule has 2 N–H and O–H groups in total. The van der Waals surface area contributed by atoms with E-state index in [1.165, 1.54) is 11.3 Å². The van der Waals surface area contributed by atoms with Crippen LogP contribution in [0.15, 0.2) is 17.5 Å². The Labute approximate surface area is 130 Å². The van der Waals surface area contributed by atoms with Crippen LogP contribution in [0, 0.1) is 0 Å². The number of carbonyl (C=O) groups excluding carboxylic acids is 1. The number of nitrogens with zero attached hydrogens (tertiary/aromatic N) is 1. The molecular weight excluding hydrogens is 288 g/mol. The highest BCUT2D eigenvalue weighted by molar-refractivity contribution is 7.10. The molecule has 0 aliphatic carbocycles. The van der Waals surface area contributed by atoms with Crippen LogP contribution < -0.4 is 5.73 Å². The maximum atomic E-state index is 12.3. The molecule has 1 fully saturated rings. The molecule has 1 aromatic rings. The van der Waals surface area contributed by atoms with Crippen LogP contribution in [0.2, 0.25) is 0 Å². The number of rotatable bonds is 7. The van der Waals surface area contributed by atoms with Gasteiger partial charge in [0.15, 0.2) is 0 Å². The molecule has 1 aromatic heterocycles. The van der Waals surface area contributed by atoms with Crippen molar-refractivity contribution in [2.24, 2.45) is 5.73 Å². The Morgan fingerprint density at radius 2 is 2.24 bits per heavy atom. The van der Waals surface area contributed by atoms with E-state index in [0.717, 1.165) is 37.4 Å². The normalized spacial score (nSPS) is 17.9. The van der Waals surface area contributed by atoms with Gasteiger partial charge in [-0.15, -0.1) is 11.3 Å². The number of amides is 1. The van der Waals surface area contributed by atoms with Gasteiger partial charge in [0.2, 0.25) is 5.91 Å². The second-order valence-electron chi connectivity index (χ2n) is 5.09. The molecule has 1 aliphatic rings. The van der Waals surface area contributed by atoms with Crippen molar-refractivity contribution in [2.75, 3.05) is 32.9 Å². The fourth-order valence-electron chi connectivity index (χ4n) is 2.45. The van der Waals surface area contributed by atoms with Crippen molar-refractivity contribution in [3.8, 4) is 0 Å². The third-order valence-electron chi connectivity index (χ3n) is 3.65. The van der Waals surface area contributed by atoms with Gasteiger partial charge in [0.1, 0.15) is 6.04 Å². The lowest BCUT2D eigenvalue weighted by Crippen LogP contribution is -2.44. The standard InChI is InChI=1S/C15H24N2O3S/c1-2-19-9-10-20-12-5-7-17(8-6-12)15(18)14(16)13-4-3-11-21-13/h3-4,11-12,14H,2,5-10,16H2,1H3. The number of hydrogen-bond donors (Lipinski definition) is 1. The number of hydrogen-bond acceptors (Lipinski definition) is 5. The van der Waals surface area contributed by atoms with Gasteiger partial charge in [-0.1, -0.05) is 6.07 Å². The van der Waals surface area contributed by atoms with Gasteiger partial charge in [-0.2, -0.15) is 0 Å². The third-order valence-corrected chi connectivity index (χ3v) is 4.61. The molecule has 0 aromatic carbocycles. The molecule has 5 nitrogen and oxygen atoms in total. The number of ether oxygens (including phenoxy) is 2. The van der Waals surface area contributed by atoms with Crippen LogP contribution >= 0.6 is 11.3 Å². The van der Waals surface area contributed by atoms with Gasteiger partial charge in [-0.05, 0) is 31.2 Å². The van der Waals surface area contributed by atoms with Crippen LogP contribution in [0.1, 0.15) is 30.7 Å². The molecular formula is C15H24N2O3S. The lowest BCUT2D eigenvalue weighted by Gasteiger charge is -2.33. The SMILES string of the molecule is CCOCCOC1CCN(C(=O)C(N)c2cccs2)CC1. The summed E-state index contributed by atoms with van der Waals surface area (Å²) in [6.45, 7) is 5.40. The van der Waals surface area contributed by atoms with Gasteiger partial charge < -0.3 is 20.1 Å². The number of thiophene rings is 1. The van der Waals surface area contributed by atoms with Crippen molar-refractivity contribution in [1.29, 1.82) is 0 Å². The van der Waals surface area contributed by atoms with Crippen molar-refractivity contribution < 1.29 is 14.3 Å². The highest BCUT2D eigenvalue weighted by atomic mass is 32.1. The van der Waals surface area contributed by atoms with E-state index in [1.807, 2.05) is 29.3 Å². The van der Waals surface area contributed by atoms with Crippen molar-refractivity contribution in [2.45, 2.75) is 31.9 Å². The Morgan fingerprint density at radius 3 is 2.86 bits per heavy atom.